The Balaban J connectivity index is 1.84. The van der Waals surface area contributed by atoms with E-state index in [2.05, 4.69) is 16.2 Å². The molecule has 1 atom stereocenters. The summed E-state index contributed by atoms with van der Waals surface area (Å²) in [6.45, 7) is 1.36. The fraction of sp³-hybridized carbons (Fsp3) is 0.150. The highest BCUT2D eigenvalue weighted by atomic mass is 16.5. The zero-order valence-corrected chi connectivity index (χ0v) is 15.5. The average Bonchev–Trinajstić information content (AvgIpc) is 2.72. The van der Waals surface area contributed by atoms with Crippen molar-refractivity contribution in [1.29, 1.82) is 5.26 Å². The number of anilines is 1. The Labute approximate surface area is 166 Å². The zero-order valence-electron chi connectivity index (χ0n) is 15.5. The van der Waals surface area contributed by atoms with Gasteiger partial charge < -0.3 is 10.1 Å². The fourth-order valence-electron chi connectivity index (χ4n) is 2.13. The van der Waals surface area contributed by atoms with Crippen molar-refractivity contribution in [3.05, 3.63) is 65.7 Å². The third-order valence-electron chi connectivity index (χ3n) is 3.63. The number of carbonyl (C=O) groups excluding carboxylic acids is 4. The van der Waals surface area contributed by atoms with E-state index in [-0.39, 0.29) is 12.0 Å². The molecule has 0 fully saturated rings. The maximum absolute atomic E-state index is 12.1. The molecule has 0 aromatic heterocycles. The van der Waals surface area contributed by atoms with Crippen LogP contribution >= 0.6 is 0 Å². The first-order valence-electron chi connectivity index (χ1n) is 8.54. The second-order valence-electron chi connectivity index (χ2n) is 5.82. The van der Waals surface area contributed by atoms with Crippen LogP contribution in [0.3, 0.4) is 0 Å². The highest BCUT2D eigenvalue weighted by Crippen LogP contribution is 2.12. The van der Waals surface area contributed by atoms with Gasteiger partial charge in [-0.15, -0.1) is 0 Å². The van der Waals surface area contributed by atoms with E-state index in [1.54, 1.807) is 36.4 Å². The van der Waals surface area contributed by atoms with Gasteiger partial charge in [0.1, 0.15) is 6.42 Å². The third-order valence-corrected chi connectivity index (χ3v) is 3.63. The number of hydrogen-bond acceptors (Lipinski definition) is 6. The Morgan fingerprint density at radius 1 is 0.966 bits per heavy atom. The number of nitriles is 1. The van der Waals surface area contributed by atoms with E-state index in [9.17, 15) is 19.2 Å². The van der Waals surface area contributed by atoms with Crippen LogP contribution < -0.4 is 16.2 Å². The zero-order chi connectivity index (χ0) is 21.2. The van der Waals surface area contributed by atoms with Crippen molar-refractivity contribution in [1.82, 2.24) is 10.9 Å². The molecule has 148 valence electrons. The molecule has 0 aliphatic heterocycles. The predicted molar refractivity (Wildman–Crippen MR) is 102 cm³/mol. The standard InChI is InChI=1S/C20H18N4O5/c1-13(18(26)23-24-19(27)14-5-3-2-4-6-14)29-20(28)15-7-9-16(10-8-15)22-17(25)11-12-21/h2-10,13H,11H2,1H3,(H,22,25)(H,23,26)(H,24,27)/t13-/m0/s1. The molecule has 2 aromatic carbocycles. The second-order valence-corrected chi connectivity index (χ2v) is 5.82. The molecule has 3 amide bonds. The number of amides is 3. The molecule has 2 aromatic rings. The molecule has 9 heteroatoms. The van der Waals surface area contributed by atoms with Crippen LogP contribution in [-0.4, -0.2) is 29.8 Å². The van der Waals surface area contributed by atoms with Crippen LogP contribution in [0.15, 0.2) is 54.6 Å². The topological polar surface area (TPSA) is 137 Å². The molecule has 9 nitrogen and oxygen atoms in total. The van der Waals surface area contributed by atoms with E-state index in [4.69, 9.17) is 10.00 Å². The fourth-order valence-corrected chi connectivity index (χ4v) is 2.13. The number of carbonyl (C=O) groups is 4. The van der Waals surface area contributed by atoms with Gasteiger partial charge in [-0.1, -0.05) is 18.2 Å². The number of rotatable bonds is 6. The first-order chi connectivity index (χ1) is 13.9. The predicted octanol–water partition coefficient (Wildman–Crippen LogP) is 1.55. The van der Waals surface area contributed by atoms with Gasteiger partial charge in [-0.25, -0.2) is 4.79 Å². The summed E-state index contributed by atoms with van der Waals surface area (Å²) in [5.74, 6) is -2.43. The maximum atomic E-state index is 12.1. The quantitative estimate of drug-likeness (QED) is 0.502. The molecular formula is C20H18N4O5. The van der Waals surface area contributed by atoms with Crippen LogP contribution in [0.5, 0.6) is 0 Å². The lowest BCUT2D eigenvalue weighted by molar-refractivity contribution is -0.129. The molecule has 3 N–H and O–H groups in total. The Morgan fingerprint density at radius 3 is 2.24 bits per heavy atom. The van der Waals surface area contributed by atoms with Gasteiger partial charge in [0.2, 0.25) is 5.91 Å². The molecule has 0 radical (unpaired) electrons. The molecule has 0 saturated heterocycles. The van der Waals surface area contributed by atoms with Crippen molar-refractivity contribution < 1.29 is 23.9 Å². The highest BCUT2D eigenvalue weighted by Gasteiger charge is 2.19. The number of benzene rings is 2. The minimum absolute atomic E-state index is 0.163. The van der Waals surface area contributed by atoms with Crippen LogP contribution in [0.25, 0.3) is 0 Å². The van der Waals surface area contributed by atoms with Gasteiger partial charge in [-0.2, -0.15) is 5.26 Å². The molecule has 0 aliphatic carbocycles. The highest BCUT2D eigenvalue weighted by molar-refractivity contribution is 5.97. The van der Waals surface area contributed by atoms with Crippen LogP contribution in [-0.2, 0) is 14.3 Å². The summed E-state index contributed by atoms with van der Waals surface area (Å²) in [6.07, 6.45) is -1.44. The molecular weight excluding hydrogens is 376 g/mol. The monoisotopic (exact) mass is 394 g/mol. The number of hydrazine groups is 1. The third kappa shape index (κ3) is 6.48. The van der Waals surface area contributed by atoms with Crippen LogP contribution in [0.1, 0.15) is 34.1 Å². The van der Waals surface area contributed by atoms with Gasteiger partial charge in [0.25, 0.3) is 11.8 Å². The van der Waals surface area contributed by atoms with E-state index in [0.717, 1.165) is 0 Å². The van der Waals surface area contributed by atoms with Crippen molar-refractivity contribution in [2.24, 2.45) is 0 Å². The smallest absolute Gasteiger partial charge is 0.338 e. The largest absolute Gasteiger partial charge is 0.449 e. The molecule has 0 bridgehead atoms. The number of hydrogen-bond donors (Lipinski definition) is 3. The summed E-state index contributed by atoms with van der Waals surface area (Å²) >= 11 is 0. The van der Waals surface area contributed by atoms with E-state index >= 15 is 0 Å². The van der Waals surface area contributed by atoms with E-state index < -0.39 is 29.8 Å². The van der Waals surface area contributed by atoms with E-state index in [0.29, 0.717) is 11.3 Å². The van der Waals surface area contributed by atoms with Gasteiger partial charge in [0, 0.05) is 11.3 Å². The Morgan fingerprint density at radius 2 is 1.62 bits per heavy atom. The van der Waals surface area contributed by atoms with E-state index in [1.807, 2.05) is 0 Å². The Kier molecular flexibility index (Phi) is 7.44. The first kappa shape index (κ1) is 21.1. The van der Waals surface area contributed by atoms with Gasteiger partial charge in [-0.3, -0.25) is 25.2 Å². The van der Waals surface area contributed by atoms with Crippen LogP contribution in [0.2, 0.25) is 0 Å². The van der Waals surface area contributed by atoms with Crippen molar-refractivity contribution in [2.45, 2.75) is 19.4 Å². The first-order valence-corrected chi connectivity index (χ1v) is 8.54. The van der Waals surface area contributed by atoms with Crippen LogP contribution in [0.4, 0.5) is 5.69 Å². The molecule has 0 spiro atoms. The van der Waals surface area contributed by atoms with Gasteiger partial charge in [-0.05, 0) is 43.3 Å². The molecule has 2 rings (SSSR count). The average molecular weight is 394 g/mol. The summed E-state index contributed by atoms with van der Waals surface area (Å²) in [7, 11) is 0. The minimum Gasteiger partial charge on any atom is -0.449 e. The molecule has 0 unspecified atom stereocenters. The lowest BCUT2D eigenvalue weighted by atomic mass is 10.2. The number of nitrogens with zero attached hydrogens (tertiary/aromatic N) is 1. The number of esters is 1. The summed E-state index contributed by atoms with van der Waals surface area (Å²) in [5, 5.41) is 10.9. The lowest BCUT2D eigenvalue weighted by Crippen LogP contribution is -2.46. The lowest BCUT2D eigenvalue weighted by Gasteiger charge is -2.14. The van der Waals surface area contributed by atoms with Crippen molar-refractivity contribution >= 4 is 29.4 Å². The van der Waals surface area contributed by atoms with Crippen molar-refractivity contribution in [3.63, 3.8) is 0 Å². The normalized spacial score (nSPS) is 10.8. The summed E-state index contributed by atoms with van der Waals surface area (Å²) in [6, 6.07) is 15.8. The molecule has 29 heavy (non-hydrogen) atoms. The maximum Gasteiger partial charge on any atom is 0.338 e. The van der Waals surface area contributed by atoms with Gasteiger partial charge in [0.15, 0.2) is 6.10 Å². The summed E-state index contributed by atoms with van der Waals surface area (Å²) < 4.78 is 5.06. The van der Waals surface area contributed by atoms with E-state index in [1.165, 1.54) is 31.2 Å². The SMILES string of the molecule is C[C@H](OC(=O)c1ccc(NC(=O)CC#N)cc1)C(=O)NNC(=O)c1ccccc1. The molecule has 0 aliphatic rings. The summed E-state index contributed by atoms with van der Waals surface area (Å²) in [5.41, 5.74) is 5.36. The molecule has 0 heterocycles. The second kappa shape index (κ2) is 10.2. The summed E-state index contributed by atoms with van der Waals surface area (Å²) in [4.78, 5) is 47.4. The van der Waals surface area contributed by atoms with Crippen molar-refractivity contribution in [2.75, 3.05) is 5.32 Å². The number of nitrogens with one attached hydrogen (secondary N) is 3. The minimum atomic E-state index is -1.16. The molecule has 0 saturated carbocycles. The van der Waals surface area contributed by atoms with Crippen LogP contribution in [0, 0.1) is 11.3 Å². The van der Waals surface area contributed by atoms with Gasteiger partial charge in [0.05, 0.1) is 11.6 Å². The number of ether oxygens (including phenoxy) is 1. The Bertz CT molecular complexity index is 936. The Hall–Kier alpha value is -4.19. The van der Waals surface area contributed by atoms with Crippen molar-refractivity contribution in [3.8, 4) is 6.07 Å². The van der Waals surface area contributed by atoms with Gasteiger partial charge >= 0.3 is 5.97 Å².